The minimum atomic E-state index is 0. The third-order valence-corrected chi connectivity index (χ3v) is 1.02. The molecule has 0 unspecified atom stereocenters. The van der Waals surface area contributed by atoms with Crippen molar-refractivity contribution in [1.29, 1.82) is 0 Å². The van der Waals surface area contributed by atoms with E-state index in [0.29, 0.717) is 0 Å². The second-order valence-corrected chi connectivity index (χ2v) is 1.82. The zero-order chi connectivity index (χ0) is 4.12. The topological polar surface area (TPSA) is 0 Å². The maximum atomic E-state index is 2.26. The second kappa shape index (κ2) is 9.61. The molecule has 0 aliphatic heterocycles. The molecule has 34 valence electrons. The molecular weight excluding hydrogens is 240 g/mol. The van der Waals surface area contributed by atoms with Gasteiger partial charge in [-0.25, -0.2) is 0 Å². The van der Waals surface area contributed by atoms with Crippen LogP contribution in [0.1, 0.15) is 19.8 Å². The Hall–Kier alpha value is 1.35. The fourth-order valence-corrected chi connectivity index (χ4v) is 0.732. The van der Waals surface area contributed by atoms with Crippen LogP contribution in [-0.2, 0) is 19.5 Å². The third-order valence-electron chi connectivity index (χ3n) is 0.398. The van der Waals surface area contributed by atoms with E-state index in [2.05, 4.69) is 33.9 Å². The van der Waals surface area contributed by atoms with Crippen LogP contribution in [0.15, 0.2) is 0 Å². The van der Waals surface area contributed by atoms with Gasteiger partial charge in [-0.2, -0.15) is 6.42 Å². The van der Waals surface area contributed by atoms with Crippen LogP contribution in [0.3, 0.4) is 0 Å². The molecule has 0 fully saturated rings. The summed E-state index contributed by atoms with van der Waals surface area (Å²) in [7, 11) is 0. The molecule has 0 aliphatic carbocycles. The maximum Gasteiger partial charge on any atom is 0 e. The van der Waals surface area contributed by atoms with Gasteiger partial charge in [0.25, 0.3) is 0 Å². The van der Waals surface area contributed by atoms with E-state index in [1.807, 2.05) is 0 Å². The summed E-state index contributed by atoms with van der Waals surface area (Å²) in [5.41, 5.74) is 0. The standard InChI is InChI=1S/C4H8I.Zn/c1-2-3-4-5;/h4H,2-3H2,1H3;/q-1;. The van der Waals surface area contributed by atoms with Crippen LogP contribution in [0.25, 0.3) is 0 Å². The SMILES string of the molecule is CCC[CH-]I.[Zn]. The first-order valence-corrected chi connectivity index (χ1v) is 3.08. The van der Waals surface area contributed by atoms with E-state index >= 15 is 0 Å². The van der Waals surface area contributed by atoms with Gasteiger partial charge in [-0.05, 0) is 0 Å². The number of hydrogen-bond acceptors (Lipinski definition) is 0. The van der Waals surface area contributed by atoms with E-state index < -0.39 is 0 Å². The van der Waals surface area contributed by atoms with Gasteiger partial charge in [-0.15, -0.1) is 0 Å². The second-order valence-electron chi connectivity index (χ2n) is 0.943. The molecule has 0 heterocycles. The van der Waals surface area contributed by atoms with Gasteiger partial charge < -0.3 is 22.6 Å². The van der Waals surface area contributed by atoms with Gasteiger partial charge in [0, 0.05) is 19.5 Å². The summed E-state index contributed by atoms with van der Waals surface area (Å²) < 4.78 is 2.15. The molecule has 0 aromatic carbocycles. The Balaban J connectivity index is 0. The largest absolute Gasteiger partial charge is 0.316 e. The summed E-state index contributed by atoms with van der Waals surface area (Å²) in [6, 6.07) is 0. The third kappa shape index (κ3) is 9.02. The minimum absolute atomic E-state index is 0. The molecule has 0 aromatic heterocycles. The Morgan fingerprint density at radius 1 is 1.67 bits per heavy atom. The zero-order valence-electron chi connectivity index (χ0n) is 4.08. The predicted molar refractivity (Wildman–Crippen MR) is 33.2 cm³/mol. The van der Waals surface area contributed by atoms with Crippen molar-refractivity contribution < 1.29 is 19.5 Å². The summed E-state index contributed by atoms with van der Waals surface area (Å²) in [4.78, 5) is 0. The van der Waals surface area contributed by atoms with Crippen LogP contribution in [0.4, 0.5) is 0 Å². The number of halogens is 1. The van der Waals surface area contributed by atoms with Crippen molar-refractivity contribution in [3.05, 3.63) is 4.43 Å². The number of rotatable bonds is 2. The first-order chi connectivity index (χ1) is 2.41. The van der Waals surface area contributed by atoms with Crippen LogP contribution >= 0.6 is 22.6 Å². The molecule has 0 aliphatic rings. The average molecular weight is 248 g/mol. The Labute approximate surface area is 66.0 Å². The van der Waals surface area contributed by atoms with Crippen molar-refractivity contribution in [3.63, 3.8) is 0 Å². The molecule has 0 bridgehead atoms. The van der Waals surface area contributed by atoms with Gasteiger partial charge in [0.1, 0.15) is 0 Å². The van der Waals surface area contributed by atoms with Crippen molar-refractivity contribution in [1.82, 2.24) is 0 Å². The molecule has 0 saturated carbocycles. The summed E-state index contributed by atoms with van der Waals surface area (Å²) in [5.74, 6) is 0. The number of hydrogen-bond donors (Lipinski definition) is 0. The van der Waals surface area contributed by atoms with Gasteiger partial charge >= 0.3 is 0 Å². The predicted octanol–water partition coefficient (Wildman–Crippen LogP) is 2.38. The molecule has 0 radical (unpaired) electrons. The Bertz CT molecular complexity index is 15.0. The molecule has 0 spiro atoms. The normalized spacial score (nSPS) is 7.00. The minimum Gasteiger partial charge on any atom is -0.316 e. The maximum absolute atomic E-state index is 2.26. The van der Waals surface area contributed by atoms with E-state index in [-0.39, 0.29) is 19.5 Å². The van der Waals surface area contributed by atoms with E-state index in [9.17, 15) is 0 Å². The van der Waals surface area contributed by atoms with Crippen LogP contribution in [-0.4, -0.2) is 0 Å². The van der Waals surface area contributed by atoms with Crippen molar-refractivity contribution in [2.45, 2.75) is 19.8 Å². The molecule has 0 rings (SSSR count). The van der Waals surface area contributed by atoms with Crippen molar-refractivity contribution in [3.8, 4) is 0 Å². The zero-order valence-corrected chi connectivity index (χ0v) is 9.20. The molecule has 0 N–H and O–H groups in total. The molecule has 0 amide bonds. The van der Waals surface area contributed by atoms with Crippen LogP contribution in [0, 0.1) is 4.43 Å². The van der Waals surface area contributed by atoms with Crippen LogP contribution < -0.4 is 0 Å². The first-order valence-electron chi connectivity index (χ1n) is 1.83. The number of unbranched alkanes of at least 4 members (excludes halogenated alkanes) is 1. The Morgan fingerprint density at radius 3 is 2.17 bits per heavy atom. The Morgan fingerprint density at radius 2 is 2.17 bits per heavy atom. The molecule has 0 nitrogen and oxygen atoms in total. The van der Waals surface area contributed by atoms with E-state index in [1.165, 1.54) is 12.8 Å². The molecule has 6 heavy (non-hydrogen) atoms. The van der Waals surface area contributed by atoms with Gasteiger partial charge in [-0.3, -0.25) is 4.43 Å². The molecule has 0 saturated heterocycles. The summed E-state index contributed by atoms with van der Waals surface area (Å²) in [6.45, 7) is 2.18. The van der Waals surface area contributed by atoms with Gasteiger partial charge in [-0.1, -0.05) is 13.3 Å². The molecule has 2 heteroatoms. The van der Waals surface area contributed by atoms with Gasteiger partial charge in [0.05, 0.1) is 0 Å². The van der Waals surface area contributed by atoms with Crippen LogP contribution in [0.5, 0.6) is 0 Å². The van der Waals surface area contributed by atoms with Crippen molar-refractivity contribution in [2.75, 3.05) is 0 Å². The smallest absolute Gasteiger partial charge is 0 e. The van der Waals surface area contributed by atoms with Crippen molar-refractivity contribution in [2.24, 2.45) is 0 Å². The molecular formula is C4H8IZn-. The fraction of sp³-hybridized carbons (Fsp3) is 0.750. The molecule has 0 atom stereocenters. The summed E-state index contributed by atoms with van der Waals surface area (Å²) >= 11 is 2.26. The quantitative estimate of drug-likeness (QED) is 0.400. The summed E-state index contributed by atoms with van der Waals surface area (Å²) in [6.07, 6.45) is 2.53. The van der Waals surface area contributed by atoms with Gasteiger partial charge in [0.2, 0.25) is 0 Å². The van der Waals surface area contributed by atoms with E-state index in [4.69, 9.17) is 0 Å². The van der Waals surface area contributed by atoms with Crippen molar-refractivity contribution >= 4 is 22.6 Å². The Kier molecular flexibility index (Phi) is 16.6. The van der Waals surface area contributed by atoms with Crippen LogP contribution in [0.2, 0.25) is 0 Å². The van der Waals surface area contributed by atoms with Gasteiger partial charge in [0.15, 0.2) is 0 Å². The monoisotopic (exact) mass is 247 g/mol. The molecule has 0 aromatic rings. The average Bonchev–Trinajstić information content (AvgIpc) is 1.41. The fourth-order valence-electron chi connectivity index (χ4n) is 0.109. The first kappa shape index (κ1) is 10.4. The summed E-state index contributed by atoms with van der Waals surface area (Å²) in [5, 5.41) is 0. The van der Waals surface area contributed by atoms with E-state index in [0.717, 1.165) is 0 Å². The van der Waals surface area contributed by atoms with E-state index in [1.54, 1.807) is 0 Å².